The van der Waals surface area contributed by atoms with Gasteiger partial charge in [0.05, 0.1) is 6.61 Å². The van der Waals surface area contributed by atoms with Crippen LogP contribution in [0.3, 0.4) is 0 Å². The van der Waals surface area contributed by atoms with Crippen molar-refractivity contribution in [2.45, 2.75) is 12.7 Å². The predicted molar refractivity (Wildman–Crippen MR) is 92.3 cm³/mol. The summed E-state index contributed by atoms with van der Waals surface area (Å²) in [4.78, 5) is 0. The summed E-state index contributed by atoms with van der Waals surface area (Å²) in [7, 11) is 0. The molecule has 0 aliphatic carbocycles. The average Bonchev–Trinajstić information content (AvgIpc) is 3.37. The Hall–Kier alpha value is -2.70. The molecule has 5 rings (SSSR count). The Morgan fingerprint density at radius 1 is 0.885 bits per heavy atom. The number of aliphatic hydroxyl groups excluding tert-OH is 1. The Kier molecular flexibility index (Phi) is 3.72. The van der Waals surface area contributed by atoms with Gasteiger partial charge >= 0.3 is 0 Å². The van der Waals surface area contributed by atoms with Gasteiger partial charge in [-0.25, -0.2) is 0 Å². The highest BCUT2D eigenvalue weighted by atomic mass is 16.7. The van der Waals surface area contributed by atoms with Gasteiger partial charge < -0.3 is 28.8 Å². The van der Waals surface area contributed by atoms with Gasteiger partial charge in [0.15, 0.2) is 29.3 Å². The van der Waals surface area contributed by atoms with Crippen LogP contribution in [-0.4, -0.2) is 31.6 Å². The molecule has 2 aromatic carbocycles. The van der Waals surface area contributed by atoms with Crippen LogP contribution in [-0.2, 0) is 11.2 Å². The summed E-state index contributed by atoms with van der Waals surface area (Å²) >= 11 is 0. The van der Waals surface area contributed by atoms with Crippen LogP contribution < -0.4 is 18.9 Å². The first-order valence-electron chi connectivity index (χ1n) is 8.55. The Morgan fingerprint density at radius 3 is 2.38 bits per heavy atom. The van der Waals surface area contributed by atoms with Gasteiger partial charge in [-0.15, -0.1) is 0 Å². The molecule has 1 fully saturated rings. The zero-order valence-electron chi connectivity index (χ0n) is 14.0. The smallest absolute Gasteiger partial charge is 0.231 e. The Morgan fingerprint density at radius 2 is 1.58 bits per heavy atom. The van der Waals surface area contributed by atoms with E-state index in [1.54, 1.807) is 0 Å². The summed E-state index contributed by atoms with van der Waals surface area (Å²) in [6, 6.07) is 11.7. The normalized spacial score (nSPS) is 24.4. The Labute approximate surface area is 150 Å². The van der Waals surface area contributed by atoms with Crippen molar-refractivity contribution in [1.29, 1.82) is 0 Å². The molecule has 6 nitrogen and oxygen atoms in total. The fraction of sp³-hybridized carbons (Fsp3) is 0.300. The molecule has 3 heterocycles. The molecule has 0 amide bonds. The van der Waals surface area contributed by atoms with Crippen molar-refractivity contribution in [1.82, 2.24) is 0 Å². The average molecular weight is 354 g/mol. The molecule has 0 unspecified atom stereocenters. The van der Waals surface area contributed by atoms with Crippen LogP contribution in [0.5, 0.6) is 23.0 Å². The Bertz CT molecular complexity index is 875. The van der Waals surface area contributed by atoms with Gasteiger partial charge in [0.25, 0.3) is 0 Å². The number of aliphatic hydroxyl groups is 1. The SMILES string of the molecule is O[C@H]1OC[C@H](Cc2ccc3c(c2)OCO3)C1=Cc1ccc2c(c1)OCO2. The van der Waals surface area contributed by atoms with E-state index in [2.05, 4.69) is 0 Å². The quantitative estimate of drug-likeness (QED) is 0.914. The van der Waals surface area contributed by atoms with Crippen LogP contribution in [0.2, 0.25) is 0 Å². The first kappa shape index (κ1) is 15.5. The van der Waals surface area contributed by atoms with Gasteiger partial charge in [-0.1, -0.05) is 18.2 Å². The monoisotopic (exact) mass is 354 g/mol. The van der Waals surface area contributed by atoms with Crippen LogP contribution in [0.4, 0.5) is 0 Å². The molecule has 134 valence electrons. The molecule has 0 bridgehead atoms. The van der Waals surface area contributed by atoms with Gasteiger partial charge in [0.2, 0.25) is 13.6 Å². The number of fused-ring (bicyclic) bond motifs is 2. The minimum absolute atomic E-state index is 0.0933. The van der Waals surface area contributed by atoms with E-state index in [-0.39, 0.29) is 19.5 Å². The van der Waals surface area contributed by atoms with Crippen molar-refractivity contribution in [3.05, 3.63) is 53.1 Å². The molecule has 1 saturated heterocycles. The lowest BCUT2D eigenvalue weighted by molar-refractivity contribution is -0.0408. The molecule has 2 atom stereocenters. The van der Waals surface area contributed by atoms with Crippen molar-refractivity contribution in [2.75, 3.05) is 20.2 Å². The van der Waals surface area contributed by atoms with E-state index in [9.17, 15) is 5.11 Å². The highest BCUT2D eigenvalue weighted by molar-refractivity contribution is 5.60. The lowest BCUT2D eigenvalue weighted by Crippen LogP contribution is -2.10. The van der Waals surface area contributed by atoms with E-state index >= 15 is 0 Å². The van der Waals surface area contributed by atoms with Crippen LogP contribution in [0, 0.1) is 5.92 Å². The molecule has 3 aliphatic heterocycles. The lowest BCUT2D eigenvalue weighted by atomic mass is 9.92. The third-order valence-electron chi connectivity index (χ3n) is 4.86. The maximum Gasteiger partial charge on any atom is 0.231 e. The first-order valence-corrected chi connectivity index (χ1v) is 8.55. The molecule has 1 N–H and O–H groups in total. The predicted octanol–water partition coefficient (Wildman–Crippen LogP) is 2.73. The van der Waals surface area contributed by atoms with E-state index < -0.39 is 6.29 Å². The standard InChI is InChI=1S/C20H18O6/c21-20-15(6-13-2-4-17-19(8-13)26-11-24-17)14(9-22-20)5-12-1-3-16-18(7-12)25-10-23-16/h1-4,6-8,14,20-21H,5,9-11H2/t14-,20-/m0/s1. The zero-order chi connectivity index (χ0) is 17.5. The van der Waals surface area contributed by atoms with Gasteiger partial charge in [-0.2, -0.15) is 0 Å². The third-order valence-corrected chi connectivity index (χ3v) is 4.86. The molecule has 3 aliphatic rings. The second kappa shape index (κ2) is 6.23. The maximum absolute atomic E-state index is 10.3. The molecule has 6 heteroatoms. The molecular formula is C20H18O6. The van der Waals surface area contributed by atoms with Crippen LogP contribution in [0.1, 0.15) is 11.1 Å². The minimum atomic E-state index is -0.889. The molecule has 0 aromatic heterocycles. The zero-order valence-corrected chi connectivity index (χ0v) is 14.0. The topological polar surface area (TPSA) is 66.4 Å². The van der Waals surface area contributed by atoms with Crippen molar-refractivity contribution >= 4 is 6.08 Å². The molecule has 0 spiro atoms. The van der Waals surface area contributed by atoms with Gasteiger partial charge in [-0.3, -0.25) is 0 Å². The van der Waals surface area contributed by atoms with Crippen molar-refractivity contribution in [3.8, 4) is 23.0 Å². The van der Waals surface area contributed by atoms with E-state index in [0.29, 0.717) is 6.61 Å². The number of benzene rings is 2. The summed E-state index contributed by atoms with van der Waals surface area (Å²) < 4.78 is 27.1. The fourth-order valence-electron chi connectivity index (χ4n) is 3.52. The summed E-state index contributed by atoms with van der Waals surface area (Å²) in [5, 5.41) is 10.3. The van der Waals surface area contributed by atoms with Gasteiger partial charge in [-0.05, 0) is 47.4 Å². The lowest BCUT2D eigenvalue weighted by Gasteiger charge is -2.12. The van der Waals surface area contributed by atoms with Gasteiger partial charge in [0, 0.05) is 5.92 Å². The number of rotatable bonds is 3. The van der Waals surface area contributed by atoms with Crippen LogP contribution in [0.25, 0.3) is 6.08 Å². The van der Waals surface area contributed by atoms with Crippen LogP contribution in [0.15, 0.2) is 42.0 Å². The van der Waals surface area contributed by atoms with E-state index in [4.69, 9.17) is 23.7 Å². The van der Waals surface area contributed by atoms with E-state index in [1.807, 2.05) is 42.5 Å². The Balaban J connectivity index is 1.40. The fourth-order valence-corrected chi connectivity index (χ4v) is 3.52. The largest absolute Gasteiger partial charge is 0.454 e. The maximum atomic E-state index is 10.3. The van der Waals surface area contributed by atoms with Crippen molar-refractivity contribution < 1.29 is 28.8 Å². The van der Waals surface area contributed by atoms with Crippen molar-refractivity contribution in [2.24, 2.45) is 5.92 Å². The highest BCUT2D eigenvalue weighted by Crippen LogP contribution is 2.37. The summed E-state index contributed by atoms with van der Waals surface area (Å²) in [5.74, 6) is 3.10. The van der Waals surface area contributed by atoms with Crippen molar-refractivity contribution in [3.63, 3.8) is 0 Å². The second-order valence-corrected chi connectivity index (χ2v) is 6.53. The summed E-state index contributed by atoms with van der Waals surface area (Å²) in [6.07, 6.45) is 1.83. The molecule has 0 saturated carbocycles. The van der Waals surface area contributed by atoms with E-state index in [1.165, 1.54) is 0 Å². The highest BCUT2D eigenvalue weighted by Gasteiger charge is 2.30. The van der Waals surface area contributed by atoms with E-state index in [0.717, 1.165) is 46.1 Å². The summed E-state index contributed by atoms with van der Waals surface area (Å²) in [6.45, 7) is 0.985. The number of hydrogen-bond donors (Lipinski definition) is 1. The number of hydrogen-bond acceptors (Lipinski definition) is 6. The molecule has 26 heavy (non-hydrogen) atoms. The number of ether oxygens (including phenoxy) is 5. The summed E-state index contributed by atoms with van der Waals surface area (Å²) in [5.41, 5.74) is 2.93. The third kappa shape index (κ3) is 2.77. The second-order valence-electron chi connectivity index (χ2n) is 6.53. The first-order chi connectivity index (χ1) is 12.8. The van der Waals surface area contributed by atoms with Crippen LogP contribution >= 0.6 is 0 Å². The molecule has 2 aromatic rings. The van der Waals surface area contributed by atoms with Gasteiger partial charge in [0.1, 0.15) is 0 Å². The molecular weight excluding hydrogens is 336 g/mol. The minimum Gasteiger partial charge on any atom is -0.454 e. The molecule has 0 radical (unpaired) electrons.